The molecule has 6 aromatic carbocycles. The first kappa shape index (κ1) is 21.9. The number of benzene rings is 6. The second kappa shape index (κ2) is 8.68. The Labute approximate surface area is 219 Å². The van der Waals surface area contributed by atoms with Gasteiger partial charge < -0.3 is 11.5 Å². The Bertz CT molecular complexity index is 1900. The Balaban J connectivity index is 1.56. The molecule has 0 aliphatic carbocycles. The molecule has 1 heterocycles. The molecule has 0 aliphatic rings. The number of fused-ring (bicyclic) bond motifs is 3. The summed E-state index contributed by atoms with van der Waals surface area (Å²) in [5.41, 5.74) is 16.8. The van der Waals surface area contributed by atoms with Crippen LogP contribution in [0.5, 0.6) is 0 Å². The van der Waals surface area contributed by atoms with Crippen LogP contribution in [-0.4, -0.2) is 15.0 Å². The number of nitrogens with zero attached hydrogens (tertiary/aromatic N) is 3. The number of hydrogen-bond donors (Lipinski definition) is 2. The van der Waals surface area contributed by atoms with Gasteiger partial charge in [0.25, 0.3) is 0 Å². The van der Waals surface area contributed by atoms with Gasteiger partial charge in [0, 0.05) is 38.8 Å². The van der Waals surface area contributed by atoms with Crippen molar-refractivity contribution >= 4 is 43.7 Å². The van der Waals surface area contributed by atoms with Crippen molar-refractivity contribution in [3.63, 3.8) is 0 Å². The monoisotopic (exact) mass is 489 g/mol. The molecule has 0 saturated carbocycles. The van der Waals surface area contributed by atoms with Crippen LogP contribution in [0.15, 0.2) is 115 Å². The molecular weight excluding hydrogens is 466 g/mol. The summed E-state index contributed by atoms with van der Waals surface area (Å²) in [6.45, 7) is 0. The first-order valence-corrected chi connectivity index (χ1v) is 12.5. The molecule has 0 saturated heterocycles. The number of rotatable bonds is 3. The van der Waals surface area contributed by atoms with Gasteiger partial charge in [0.2, 0.25) is 0 Å². The van der Waals surface area contributed by atoms with E-state index < -0.39 is 0 Å². The fraction of sp³-hybridized carbons (Fsp3) is 0. The minimum atomic E-state index is 0.593. The summed E-state index contributed by atoms with van der Waals surface area (Å²) in [7, 11) is 0. The van der Waals surface area contributed by atoms with Crippen molar-refractivity contribution in [2.24, 2.45) is 0 Å². The van der Waals surface area contributed by atoms with Crippen molar-refractivity contribution in [1.82, 2.24) is 15.0 Å². The largest absolute Gasteiger partial charge is 0.398 e. The van der Waals surface area contributed by atoms with Crippen LogP contribution < -0.4 is 11.5 Å². The Morgan fingerprint density at radius 2 is 0.737 bits per heavy atom. The highest BCUT2D eigenvalue weighted by atomic mass is 15.0. The van der Waals surface area contributed by atoms with Gasteiger partial charge in [-0.15, -0.1) is 0 Å². The molecule has 1 aromatic heterocycles. The van der Waals surface area contributed by atoms with Gasteiger partial charge in [0.1, 0.15) is 0 Å². The maximum absolute atomic E-state index is 6.32. The fourth-order valence-electron chi connectivity index (χ4n) is 5.19. The Hall–Kier alpha value is -5.29. The van der Waals surface area contributed by atoms with Gasteiger partial charge in [0.05, 0.1) is 0 Å². The molecule has 7 aromatic rings. The summed E-state index contributed by atoms with van der Waals surface area (Å²) in [5, 5.41) is 6.14. The summed E-state index contributed by atoms with van der Waals surface area (Å²) in [5.74, 6) is 1.80. The minimum absolute atomic E-state index is 0.593. The SMILES string of the molecule is Nc1ccc(-c2nc(-c3cccc4ccccc34)nc(-c3ccc(N)c4ccccc34)n2)c2ccccc12. The maximum atomic E-state index is 6.32. The van der Waals surface area contributed by atoms with Crippen LogP contribution in [0.3, 0.4) is 0 Å². The average Bonchev–Trinajstić information content (AvgIpc) is 2.97. The molecule has 0 unspecified atom stereocenters. The van der Waals surface area contributed by atoms with Gasteiger partial charge in [0.15, 0.2) is 17.5 Å². The topological polar surface area (TPSA) is 90.7 Å². The van der Waals surface area contributed by atoms with E-state index in [1.807, 2.05) is 78.9 Å². The third-order valence-corrected chi connectivity index (χ3v) is 7.06. The predicted molar refractivity (Wildman–Crippen MR) is 157 cm³/mol. The number of hydrogen-bond acceptors (Lipinski definition) is 5. The summed E-state index contributed by atoms with van der Waals surface area (Å²) in [6.07, 6.45) is 0. The van der Waals surface area contributed by atoms with E-state index in [0.29, 0.717) is 17.5 Å². The van der Waals surface area contributed by atoms with Crippen molar-refractivity contribution in [2.45, 2.75) is 0 Å². The highest BCUT2D eigenvalue weighted by molar-refractivity contribution is 6.04. The summed E-state index contributed by atoms with van der Waals surface area (Å²) in [4.78, 5) is 15.1. The molecule has 38 heavy (non-hydrogen) atoms. The molecule has 0 fully saturated rings. The highest BCUT2D eigenvalue weighted by Crippen LogP contribution is 2.36. The van der Waals surface area contributed by atoms with Gasteiger partial charge in [-0.25, -0.2) is 15.0 Å². The predicted octanol–water partition coefficient (Wildman–Crippen LogP) is 7.50. The van der Waals surface area contributed by atoms with E-state index in [1.54, 1.807) is 0 Å². The van der Waals surface area contributed by atoms with Crippen LogP contribution >= 0.6 is 0 Å². The second-order valence-corrected chi connectivity index (χ2v) is 9.33. The van der Waals surface area contributed by atoms with Crippen LogP contribution in [0.1, 0.15) is 0 Å². The normalized spacial score (nSPS) is 11.4. The van der Waals surface area contributed by atoms with Crippen LogP contribution in [0.2, 0.25) is 0 Å². The number of nitrogens with two attached hydrogens (primary N) is 2. The molecule has 0 aliphatic heterocycles. The third kappa shape index (κ3) is 3.52. The Morgan fingerprint density at radius 3 is 1.26 bits per heavy atom. The van der Waals surface area contributed by atoms with Crippen LogP contribution in [0, 0.1) is 0 Å². The van der Waals surface area contributed by atoms with Crippen molar-refractivity contribution in [3.8, 4) is 34.2 Å². The highest BCUT2D eigenvalue weighted by Gasteiger charge is 2.17. The average molecular weight is 490 g/mol. The van der Waals surface area contributed by atoms with E-state index in [0.717, 1.165) is 60.4 Å². The molecule has 4 N–H and O–H groups in total. The van der Waals surface area contributed by atoms with Gasteiger partial charge in [-0.3, -0.25) is 0 Å². The first-order chi connectivity index (χ1) is 18.7. The lowest BCUT2D eigenvalue weighted by molar-refractivity contribution is 1.08. The Morgan fingerprint density at radius 1 is 0.342 bits per heavy atom. The molecule has 180 valence electrons. The van der Waals surface area contributed by atoms with E-state index >= 15 is 0 Å². The Kier molecular flexibility index (Phi) is 5.01. The van der Waals surface area contributed by atoms with Crippen LogP contribution in [0.4, 0.5) is 11.4 Å². The summed E-state index contributed by atoms with van der Waals surface area (Å²) in [6, 6.07) is 38.4. The number of aromatic nitrogens is 3. The van der Waals surface area contributed by atoms with Crippen LogP contribution in [-0.2, 0) is 0 Å². The van der Waals surface area contributed by atoms with Gasteiger partial charge in [-0.2, -0.15) is 0 Å². The number of nitrogen functional groups attached to an aromatic ring is 2. The zero-order chi connectivity index (χ0) is 25.6. The molecule has 5 nitrogen and oxygen atoms in total. The molecule has 7 rings (SSSR count). The van der Waals surface area contributed by atoms with Crippen molar-refractivity contribution in [2.75, 3.05) is 11.5 Å². The smallest absolute Gasteiger partial charge is 0.164 e. The molecule has 0 bridgehead atoms. The molecule has 0 spiro atoms. The zero-order valence-corrected chi connectivity index (χ0v) is 20.5. The lowest BCUT2D eigenvalue weighted by atomic mass is 10.0. The van der Waals surface area contributed by atoms with E-state index in [9.17, 15) is 0 Å². The van der Waals surface area contributed by atoms with Gasteiger partial charge in [-0.1, -0.05) is 91.0 Å². The van der Waals surface area contributed by atoms with Gasteiger partial charge in [-0.05, 0) is 45.8 Å². The molecular formula is C33H23N5. The van der Waals surface area contributed by atoms with Crippen molar-refractivity contribution < 1.29 is 0 Å². The van der Waals surface area contributed by atoms with Gasteiger partial charge >= 0.3 is 0 Å². The van der Waals surface area contributed by atoms with E-state index in [-0.39, 0.29) is 0 Å². The maximum Gasteiger partial charge on any atom is 0.164 e. The van der Waals surface area contributed by atoms with Crippen LogP contribution in [0.25, 0.3) is 66.5 Å². The fourth-order valence-corrected chi connectivity index (χ4v) is 5.19. The lowest BCUT2D eigenvalue weighted by Gasteiger charge is -2.13. The van der Waals surface area contributed by atoms with E-state index in [2.05, 4.69) is 36.4 Å². The molecule has 0 radical (unpaired) electrons. The molecule has 5 heteroatoms. The third-order valence-electron chi connectivity index (χ3n) is 7.06. The van der Waals surface area contributed by atoms with E-state index in [1.165, 1.54) is 0 Å². The summed E-state index contributed by atoms with van der Waals surface area (Å²) < 4.78 is 0. The summed E-state index contributed by atoms with van der Waals surface area (Å²) >= 11 is 0. The standard InChI is InChI=1S/C33H23N5/c34-29-18-16-27(22-11-3-5-13-24(22)29)32-36-31(26-15-7-9-20-8-1-2-10-21(20)26)37-33(38-32)28-17-19-30(35)25-14-6-4-12-23(25)28/h1-19H,34-35H2. The number of anilines is 2. The quantitative estimate of drug-likeness (QED) is 0.251. The van der Waals surface area contributed by atoms with E-state index in [4.69, 9.17) is 26.4 Å². The molecule has 0 atom stereocenters. The first-order valence-electron chi connectivity index (χ1n) is 12.5. The minimum Gasteiger partial charge on any atom is -0.398 e. The molecule has 0 amide bonds. The second-order valence-electron chi connectivity index (χ2n) is 9.33. The van der Waals surface area contributed by atoms with Crippen molar-refractivity contribution in [1.29, 1.82) is 0 Å². The zero-order valence-electron chi connectivity index (χ0n) is 20.5. The lowest BCUT2D eigenvalue weighted by Crippen LogP contribution is -2.02. The van der Waals surface area contributed by atoms with Crippen molar-refractivity contribution in [3.05, 3.63) is 115 Å².